The fourth-order valence-corrected chi connectivity index (χ4v) is 2.49. The van der Waals surface area contributed by atoms with Crippen LogP contribution in [0.4, 0.5) is 0 Å². The highest BCUT2D eigenvalue weighted by Crippen LogP contribution is 2.25. The van der Waals surface area contributed by atoms with E-state index in [1.165, 1.54) is 9.88 Å². The van der Waals surface area contributed by atoms with Gasteiger partial charge in [-0.15, -0.1) is 11.3 Å². The number of aryl methyl sites for hydroxylation is 2. The van der Waals surface area contributed by atoms with Gasteiger partial charge in [0.05, 0.1) is 16.8 Å². The number of aliphatic hydroxyl groups is 1. The monoisotopic (exact) mass is 228 g/mol. The van der Waals surface area contributed by atoms with Gasteiger partial charge in [0.15, 0.2) is 0 Å². The van der Waals surface area contributed by atoms with Crippen molar-refractivity contribution in [1.82, 2.24) is 10.3 Å². The second kappa shape index (κ2) is 5.58. The molecule has 1 heterocycles. The molecule has 0 aliphatic carbocycles. The molecule has 1 aromatic heterocycles. The zero-order chi connectivity index (χ0) is 11.4. The van der Waals surface area contributed by atoms with Crippen LogP contribution in [0, 0.1) is 6.92 Å². The predicted molar refractivity (Wildman–Crippen MR) is 64.3 cm³/mol. The molecule has 0 amide bonds. The second-order valence-electron chi connectivity index (χ2n) is 3.89. The van der Waals surface area contributed by atoms with Crippen LogP contribution < -0.4 is 5.32 Å². The van der Waals surface area contributed by atoms with Crippen molar-refractivity contribution < 1.29 is 5.11 Å². The number of rotatable bonds is 5. The highest BCUT2D eigenvalue weighted by atomic mass is 32.1. The molecule has 0 saturated heterocycles. The van der Waals surface area contributed by atoms with E-state index in [1.54, 1.807) is 18.3 Å². The number of nitrogens with one attached hydrogen (secondary N) is 1. The van der Waals surface area contributed by atoms with Gasteiger partial charge in [-0.25, -0.2) is 4.98 Å². The van der Waals surface area contributed by atoms with Crippen LogP contribution in [0.1, 0.15) is 42.4 Å². The molecule has 2 atom stereocenters. The molecule has 0 fully saturated rings. The van der Waals surface area contributed by atoms with Crippen LogP contribution in [0.15, 0.2) is 0 Å². The van der Waals surface area contributed by atoms with E-state index in [0.717, 1.165) is 12.1 Å². The van der Waals surface area contributed by atoms with Gasteiger partial charge in [-0.05, 0) is 27.2 Å². The largest absolute Gasteiger partial charge is 0.392 e. The first-order chi connectivity index (χ1) is 7.04. The van der Waals surface area contributed by atoms with Crippen molar-refractivity contribution in [1.29, 1.82) is 0 Å². The summed E-state index contributed by atoms with van der Waals surface area (Å²) in [7, 11) is 0. The molecule has 1 rings (SSSR count). The molecule has 1 aromatic rings. The van der Waals surface area contributed by atoms with Crippen molar-refractivity contribution >= 4 is 11.3 Å². The zero-order valence-corrected chi connectivity index (χ0v) is 10.7. The lowest BCUT2D eigenvalue weighted by Gasteiger charge is -2.13. The van der Waals surface area contributed by atoms with Gasteiger partial charge in [-0.3, -0.25) is 0 Å². The molecule has 0 spiro atoms. The van der Waals surface area contributed by atoms with Gasteiger partial charge in [0.1, 0.15) is 0 Å². The minimum Gasteiger partial charge on any atom is -0.392 e. The van der Waals surface area contributed by atoms with Gasteiger partial charge in [0.2, 0.25) is 0 Å². The molecule has 0 saturated carbocycles. The summed E-state index contributed by atoms with van der Waals surface area (Å²) in [6.07, 6.45) is 0.695. The van der Waals surface area contributed by atoms with E-state index in [0.29, 0.717) is 6.54 Å². The van der Waals surface area contributed by atoms with Gasteiger partial charge in [-0.2, -0.15) is 0 Å². The van der Waals surface area contributed by atoms with Crippen LogP contribution in [0.2, 0.25) is 0 Å². The highest BCUT2D eigenvalue weighted by Gasteiger charge is 2.13. The fraction of sp³-hybridized carbons (Fsp3) is 0.727. The number of hydrogen-bond acceptors (Lipinski definition) is 4. The van der Waals surface area contributed by atoms with Crippen molar-refractivity contribution in [2.75, 3.05) is 6.54 Å². The third-order valence-electron chi connectivity index (χ3n) is 2.29. The molecule has 2 N–H and O–H groups in total. The summed E-state index contributed by atoms with van der Waals surface area (Å²) < 4.78 is 0. The Labute approximate surface area is 95.6 Å². The maximum atomic E-state index is 9.19. The maximum absolute atomic E-state index is 9.19. The fourth-order valence-electron chi connectivity index (χ4n) is 1.46. The summed E-state index contributed by atoms with van der Waals surface area (Å²) in [4.78, 5) is 5.78. The quantitative estimate of drug-likeness (QED) is 0.810. The third-order valence-corrected chi connectivity index (χ3v) is 3.78. The average molecular weight is 228 g/mol. The topological polar surface area (TPSA) is 45.2 Å². The number of hydrogen-bond donors (Lipinski definition) is 2. The minimum atomic E-state index is -0.300. The molecule has 3 nitrogen and oxygen atoms in total. The van der Waals surface area contributed by atoms with Crippen molar-refractivity contribution in [3.63, 3.8) is 0 Å². The number of thiazole rings is 1. The van der Waals surface area contributed by atoms with E-state index in [9.17, 15) is 5.11 Å². The Morgan fingerprint density at radius 2 is 2.13 bits per heavy atom. The Kier molecular flexibility index (Phi) is 4.70. The first-order valence-electron chi connectivity index (χ1n) is 5.42. The van der Waals surface area contributed by atoms with Crippen molar-refractivity contribution in [3.05, 3.63) is 15.6 Å². The highest BCUT2D eigenvalue weighted by molar-refractivity contribution is 7.11. The number of nitrogens with zero attached hydrogens (tertiary/aromatic N) is 1. The molecule has 0 aliphatic heterocycles. The van der Waals surface area contributed by atoms with Gasteiger partial charge < -0.3 is 10.4 Å². The van der Waals surface area contributed by atoms with E-state index in [-0.39, 0.29) is 12.1 Å². The summed E-state index contributed by atoms with van der Waals surface area (Å²) in [5, 5.41) is 13.7. The molecule has 0 bridgehead atoms. The summed E-state index contributed by atoms with van der Waals surface area (Å²) in [5.41, 5.74) is 1.11. The van der Waals surface area contributed by atoms with Crippen LogP contribution >= 0.6 is 11.3 Å². The van der Waals surface area contributed by atoms with E-state index < -0.39 is 0 Å². The maximum Gasteiger partial charge on any atom is 0.0928 e. The Bertz CT molecular complexity index is 310. The minimum absolute atomic E-state index is 0.275. The van der Waals surface area contributed by atoms with Crippen LogP contribution in [0.25, 0.3) is 0 Å². The van der Waals surface area contributed by atoms with Crippen molar-refractivity contribution in [2.45, 2.75) is 46.3 Å². The Morgan fingerprint density at radius 1 is 1.47 bits per heavy atom. The molecule has 86 valence electrons. The van der Waals surface area contributed by atoms with Crippen molar-refractivity contribution in [2.24, 2.45) is 0 Å². The Balaban J connectivity index is 2.64. The summed E-state index contributed by atoms with van der Waals surface area (Å²) in [5.74, 6) is 0. The Hall–Kier alpha value is -0.450. The van der Waals surface area contributed by atoms with Crippen LogP contribution in [0.3, 0.4) is 0 Å². The zero-order valence-electron chi connectivity index (χ0n) is 9.87. The normalized spacial score (nSPS) is 15.3. The van der Waals surface area contributed by atoms with E-state index in [1.807, 2.05) is 6.92 Å². The molecule has 0 radical (unpaired) electrons. The molecule has 0 aromatic carbocycles. The second-order valence-corrected chi connectivity index (χ2v) is 5.00. The van der Waals surface area contributed by atoms with E-state index >= 15 is 0 Å². The van der Waals surface area contributed by atoms with Gasteiger partial charge in [-0.1, -0.05) is 6.92 Å². The molecular formula is C11H20N2OS. The van der Waals surface area contributed by atoms with E-state index in [2.05, 4.69) is 24.1 Å². The molecule has 15 heavy (non-hydrogen) atoms. The summed E-state index contributed by atoms with van der Waals surface area (Å²) in [6, 6.07) is 0.275. The molecule has 4 heteroatoms. The molecule has 2 unspecified atom stereocenters. The standard InChI is InChI=1S/C11H20N2OS/c1-5-10-13-9(4)11(15-10)8(3)12-6-7(2)14/h7-8,12,14H,5-6H2,1-4H3. The van der Waals surface area contributed by atoms with Crippen LogP contribution in [-0.4, -0.2) is 22.7 Å². The Morgan fingerprint density at radius 3 is 2.60 bits per heavy atom. The third kappa shape index (κ3) is 3.55. The first kappa shape index (κ1) is 12.6. The lowest BCUT2D eigenvalue weighted by molar-refractivity contribution is 0.187. The average Bonchev–Trinajstić information content (AvgIpc) is 2.56. The van der Waals surface area contributed by atoms with Crippen LogP contribution in [0.5, 0.6) is 0 Å². The number of aromatic nitrogens is 1. The van der Waals surface area contributed by atoms with Crippen molar-refractivity contribution in [3.8, 4) is 0 Å². The van der Waals surface area contributed by atoms with Crippen LogP contribution in [-0.2, 0) is 6.42 Å². The summed E-state index contributed by atoms with van der Waals surface area (Å²) >= 11 is 1.76. The van der Waals surface area contributed by atoms with Gasteiger partial charge in [0.25, 0.3) is 0 Å². The van der Waals surface area contributed by atoms with E-state index in [4.69, 9.17) is 0 Å². The number of aliphatic hydroxyl groups excluding tert-OH is 1. The summed E-state index contributed by atoms with van der Waals surface area (Å²) in [6.45, 7) is 8.69. The predicted octanol–water partition coefficient (Wildman–Crippen LogP) is 2.05. The lowest BCUT2D eigenvalue weighted by Crippen LogP contribution is -2.27. The smallest absolute Gasteiger partial charge is 0.0928 e. The molecular weight excluding hydrogens is 208 g/mol. The van der Waals surface area contributed by atoms with Gasteiger partial charge in [0, 0.05) is 17.5 Å². The van der Waals surface area contributed by atoms with Gasteiger partial charge >= 0.3 is 0 Å². The lowest BCUT2D eigenvalue weighted by atomic mass is 10.2. The SMILES string of the molecule is CCc1nc(C)c(C(C)NCC(C)O)s1. The molecule has 0 aliphatic rings. The first-order valence-corrected chi connectivity index (χ1v) is 6.23.